The minimum absolute atomic E-state index is 0.186. The van der Waals surface area contributed by atoms with Crippen LogP contribution in [-0.4, -0.2) is 49.0 Å². The Morgan fingerprint density at radius 2 is 1.23 bits per heavy atom. The van der Waals surface area contributed by atoms with Crippen molar-refractivity contribution in [3.63, 3.8) is 0 Å². The normalized spacial score (nSPS) is 26.5. The quantitative estimate of drug-likeness (QED) is 0.438. The van der Waals surface area contributed by atoms with Gasteiger partial charge < -0.3 is 28.8 Å². The fourth-order valence-corrected chi connectivity index (χ4v) is 4.25. The number of hydrogen-bond donors (Lipinski definition) is 1. The Kier molecular flexibility index (Phi) is 9.04. The van der Waals surface area contributed by atoms with Crippen LogP contribution in [0.25, 0.3) is 0 Å². The Balaban J connectivity index is 1.49. The number of benzene rings is 3. The van der Waals surface area contributed by atoms with Crippen LogP contribution >= 0.6 is 0 Å². The molecule has 3 aromatic carbocycles. The summed E-state index contributed by atoms with van der Waals surface area (Å²) in [6, 6.07) is 29.6. The van der Waals surface area contributed by atoms with Crippen LogP contribution in [0.3, 0.4) is 0 Å². The van der Waals surface area contributed by atoms with Crippen LogP contribution in [0.15, 0.2) is 91.0 Å². The van der Waals surface area contributed by atoms with Crippen LogP contribution in [0.1, 0.15) is 23.6 Å². The molecular formula is C29H34O6. The minimum atomic E-state index is -1.14. The highest BCUT2D eigenvalue weighted by Crippen LogP contribution is 2.35. The van der Waals surface area contributed by atoms with Crippen molar-refractivity contribution in [2.75, 3.05) is 13.7 Å². The summed E-state index contributed by atoms with van der Waals surface area (Å²) in [5.41, 5.74) is 3.06. The second kappa shape index (κ2) is 12.4. The summed E-state index contributed by atoms with van der Waals surface area (Å²) in [6.45, 7) is 3.08. The van der Waals surface area contributed by atoms with E-state index in [1.54, 1.807) is 7.11 Å². The number of rotatable bonds is 11. The van der Waals surface area contributed by atoms with Gasteiger partial charge in [-0.15, -0.1) is 0 Å². The van der Waals surface area contributed by atoms with Gasteiger partial charge in [0.15, 0.2) is 5.79 Å². The van der Waals surface area contributed by atoms with E-state index in [9.17, 15) is 5.11 Å². The van der Waals surface area contributed by atoms with Crippen LogP contribution in [0, 0.1) is 0 Å². The number of ether oxygens (including phenoxy) is 5. The Bertz CT molecular complexity index is 999. The van der Waals surface area contributed by atoms with E-state index in [1.165, 1.54) is 0 Å². The lowest BCUT2D eigenvalue weighted by molar-refractivity contribution is -0.365. The lowest BCUT2D eigenvalue weighted by Gasteiger charge is -2.49. The maximum Gasteiger partial charge on any atom is 0.194 e. The Labute approximate surface area is 207 Å². The summed E-state index contributed by atoms with van der Waals surface area (Å²) in [7, 11) is 1.58. The molecule has 1 heterocycles. The van der Waals surface area contributed by atoms with Gasteiger partial charge in [0.25, 0.3) is 0 Å². The van der Waals surface area contributed by atoms with Crippen LogP contribution < -0.4 is 0 Å². The highest BCUT2D eigenvalue weighted by Gasteiger charge is 2.54. The van der Waals surface area contributed by atoms with E-state index in [4.69, 9.17) is 23.7 Å². The highest BCUT2D eigenvalue weighted by molar-refractivity contribution is 5.15. The maximum absolute atomic E-state index is 11.3. The average Bonchev–Trinajstić information content (AvgIpc) is 2.91. The third kappa shape index (κ3) is 6.76. The van der Waals surface area contributed by atoms with Crippen molar-refractivity contribution in [2.45, 2.75) is 56.9 Å². The van der Waals surface area contributed by atoms with E-state index in [1.807, 2.05) is 97.9 Å². The Morgan fingerprint density at radius 3 is 1.74 bits per heavy atom. The van der Waals surface area contributed by atoms with E-state index in [0.29, 0.717) is 19.8 Å². The topological polar surface area (TPSA) is 66.4 Å². The molecule has 0 saturated carbocycles. The summed E-state index contributed by atoms with van der Waals surface area (Å²) in [6.07, 6.45) is -2.99. The monoisotopic (exact) mass is 478 g/mol. The van der Waals surface area contributed by atoms with Crippen LogP contribution in [-0.2, 0) is 43.5 Å². The maximum atomic E-state index is 11.3. The van der Waals surface area contributed by atoms with Gasteiger partial charge in [-0.05, 0) is 23.6 Å². The molecule has 6 nitrogen and oxygen atoms in total. The third-order valence-corrected chi connectivity index (χ3v) is 6.27. The second-order valence-corrected chi connectivity index (χ2v) is 8.85. The van der Waals surface area contributed by atoms with Gasteiger partial charge >= 0.3 is 0 Å². The molecule has 0 bridgehead atoms. The lowest BCUT2D eigenvalue weighted by Crippen LogP contribution is -2.66. The van der Waals surface area contributed by atoms with E-state index in [2.05, 4.69) is 0 Å². The zero-order chi connectivity index (χ0) is 24.5. The van der Waals surface area contributed by atoms with Crippen LogP contribution in [0.5, 0.6) is 0 Å². The van der Waals surface area contributed by atoms with E-state index >= 15 is 0 Å². The number of methoxy groups -OCH3 is 1. The lowest BCUT2D eigenvalue weighted by atomic mass is 9.92. The summed E-state index contributed by atoms with van der Waals surface area (Å²) in [5, 5.41) is 11.3. The van der Waals surface area contributed by atoms with Gasteiger partial charge in [0.2, 0.25) is 0 Å². The molecule has 35 heavy (non-hydrogen) atoms. The Morgan fingerprint density at radius 1 is 0.743 bits per heavy atom. The molecule has 0 aliphatic carbocycles. The van der Waals surface area contributed by atoms with Crippen molar-refractivity contribution in [3.05, 3.63) is 108 Å². The predicted octanol–water partition coefficient (Wildman–Crippen LogP) is 4.50. The van der Waals surface area contributed by atoms with Crippen molar-refractivity contribution >= 4 is 0 Å². The zero-order valence-electron chi connectivity index (χ0n) is 20.3. The molecule has 0 unspecified atom stereocenters. The molecule has 0 radical (unpaired) electrons. The molecule has 0 aromatic heterocycles. The van der Waals surface area contributed by atoms with Gasteiger partial charge in [-0.1, -0.05) is 91.0 Å². The molecule has 6 heteroatoms. The van der Waals surface area contributed by atoms with Crippen LogP contribution in [0.2, 0.25) is 0 Å². The fraction of sp³-hybridized carbons (Fsp3) is 0.379. The van der Waals surface area contributed by atoms with Gasteiger partial charge in [0, 0.05) is 7.11 Å². The molecule has 3 aromatic rings. The molecule has 1 aliphatic rings. The molecule has 0 spiro atoms. The molecule has 1 N–H and O–H groups in total. The largest absolute Gasteiger partial charge is 0.387 e. The molecule has 1 saturated heterocycles. The number of aliphatic hydroxyl groups excluding tert-OH is 1. The van der Waals surface area contributed by atoms with Crippen molar-refractivity contribution in [1.29, 1.82) is 0 Å². The molecular weight excluding hydrogens is 444 g/mol. The second-order valence-electron chi connectivity index (χ2n) is 8.85. The van der Waals surface area contributed by atoms with Gasteiger partial charge in [-0.2, -0.15) is 0 Å². The molecule has 1 fully saturated rings. The zero-order valence-corrected chi connectivity index (χ0v) is 20.3. The van der Waals surface area contributed by atoms with Gasteiger partial charge in [-0.3, -0.25) is 0 Å². The fourth-order valence-electron chi connectivity index (χ4n) is 4.25. The van der Waals surface area contributed by atoms with E-state index < -0.39 is 30.2 Å². The van der Waals surface area contributed by atoms with E-state index in [-0.39, 0.29) is 6.61 Å². The first-order valence-electron chi connectivity index (χ1n) is 11.9. The Hall–Kier alpha value is -2.58. The minimum Gasteiger partial charge on any atom is -0.387 e. The van der Waals surface area contributed by atoms with Crippen molar-refractivity contribution in [1.82, 2.24) is 0 Å². The molecule has 5 atom stereocenters. The summed E-state index contributed by atoms with van der Waals surface area (Å²) < 4.78 is 30.5. The van der Waals surface area contributed by atoms with Gasteiger partial charge in [-0.25, -0.2) is 0 Å². The standard InChI is InChI=1S/C29H34O6/c1-29(31-2)28(34-20-24-16-10-5-11-17-24)27(33-19-23-14-8-4-9-15-23)26(30)25(35-29)21-32-18-22-12-6-3-7-13-22/h3-17,25-28,30H,18-21H2,1-2H3/t25-,26-,27+,28-,29+/m1/s1. The number of hydrogen-bond acceptors (Lipinski definition) is 6. The summed E-state index contributed by atoms with van der Waals surface area (Å²) in [5.74, 6) is -1.14. The first-order chi connectivity index (χ1) is 17.1. The van der Waals surface area contributed by atoms with E-state index in [0.717, 1.165) is 16.7 Å². The summed E-state index contributed by atoms with van der Waals surface area (Å²) >= 11 is 0. The summed E-state index contributed by atoms with van der Waals surface area (Å²) in [4.78, 5) is 0. The van der Waals surface area contributed by atoms with Gasteiger partial charge in [0.1, 0.15) is 24.4 Å². The average molecular weight is 479 g/mol. The van der Waals surface area contributed by atoms with Crippen LogP contribution in [0.4, 0.5) is 0 Å². The van der Waals surface area contributed by atoms with Crippen molar-refractivity contribution in [2.24, 2.45) is 0 Å². The first-order valence-corrected chi connectivity index (χ1v) is 11.9. The smallest absolute Gasteiger partial charge is 0.194 e. The third-order valence-electron chi connectivity index (χ3n) is 6.27. The SMILES string of the molecule is CO[C@@]1(C)O[C@H](COCc2ccccc2)[C@@H](O)[C@H](OCc2ccccc2)[C@H]1OCc1ccccc1. The predicted molar refractivity (Wildman–Crippen MR) is 132 cm³/mol. The molecule has 4 rings (SSSR count). The van der Waals surface area contributed by atoms with Crippen molar-refractivity contribution in [3.8, 4) is 0 Å². The van der Waals surface area contributed by atoms with Crippen molar-refractivity contribution < 1.29 is 28.8 Å². The molecule has 1 aliphatic heterocycles. The first kappa shape index (κ1) is 25.5. The molecule has 0 amide bonds. The highest BCUT2D eigenvalue weighted by atomic mass is 16.7. The molecule has 186 valence electrons. The van der Waals surface area contributed by atoms with Gasteiger partial charge in [0.05, 0.1) is 26.4 Å². The number of aliphatic hydroxyl groups is 1.